The normalized spacial score (nSPS) is 17.4. The molecule has 0 spiro atoms. The van der Waals surface area contributed by atoms with Gasteiger partial charge in [-0.2, -0.15) is 12.6 Å². The van der Waals surface area contributed by atoms with Gasteiger partial charge in [0.2, 0.25) is 15.7 Å². The summed E-state index contributed by atoms with van der Waals surface area (Å²) in [6.45, 7) is 6.63. The van der Waals surface area contributed by atoms with E-state index in [1.807, 2.05) is 13.1 Å². The van der Waals surface area contributed by atoms with Crippen molar-refractivity contribution in [3.8, 4) is 0 Å². The number of hydrogen-bond donors (Lipinski definition) is 2. The third-order valence-electron chi connectivity index (χ3n) is 4.12. The van der Waals surface area contributed by atoms with Gasteiger partial charge in [0.15, 0.2) is 5.71 Å². The van der Waals surface area contributed by atoms with Crippen molar-refractivity contribution in [1.29, 1.82) is 0 Å². The molecule has 0 radical (unpaired) electrons. The van der Waals surface area contributed by atoms with Crippen LogP contribution < -0.4 is 4.72 Å². The standard InChI is InChI=1S/C14H20N2O2S2/c1-10-14(2,3)12-9-11(5-6-13(12)16(10)4)20(17,18)15-7-8-19/h5-6,9,15H,7-8H2,1-4H3/p+1. The summed E-state index contributed by atoms with van der Waals surface area (Å²) in [5, 5.41) is 0. The largest absolute Gasteiger partial charge is 0.240 e. The summed E-state index contributed by atoms with van der Waals surface area (Å²) < 4.78 is 29.1. The molecule has 20 heavy (non-hydrogen) atoms. The maximum absolute atomic E-state index is 12.2. The second-order valence-electron chi connectivity index (χ2n) is 5.57. The molecule has 1 aliphatic heterocycles. The Morgan fingerprint density at radius 3 is 2.60 bits per heavy atom. The van der Waals surface area contributed by atoms with Gasteiger partial charge in [-0.3, -0.25) is 0 Å². The van der Waals surface area contributed by atoms with Gasteiger partial charge in [0.1, 0.15) is 7.05 Å². The highest BCUT2D eigenvalue weighted by Gasteiger charge is 2.42. The minimum atomic E-state index is -3.46. The minimum absolute atomic E-state index is 0.154. The quantitative estimate of drug-likeness (QED) is 0.659. The zero-order chi connectivity index (χ0) is 15.1. The Hall–Kier alpha value is -0.850. The summed E-state index contributed by atoms with van der Waals surface area (Å²) in [5.41, 5.74) is 3.18. The van der Waals surface area contributed by atoms with E-state index < -0.39 is 10.0 Å². The molecular formula is C14H21N2O2S2+. The smallest absolute Gasteiger partial charge is 0.210 e. The van der Waals surface area contributed by atoms with Gasteiger partial charge >= 0.3 is 0 Å². The second kappa shape index (κ2) is 5.16. The predicted octanol–water partition coefficient (Wildman–Crippen LogP) is 1.92. The van der Waals surface area contributed by atoms with Gasteiger partial charge in [-0.15, -0.1) is 0 Å². The third kappa shape index (κ3) is 2.40. The molecule has 110 valence electrons. The van der Waals surface area contributed by atoms with Crippen LogP contribution in [-0.4, -0.2) is 38.1 Å². The zero-order valence-corrected chi connectivity index (χ0v) is 14.0. The fourth-order valence-corrected chi connectivity index (χ4v) is 3.85. The van der Waals surface area contributed by atoms with Crippen LogP contribution in [0.5, 0.6) is 0 Å². The van der Waals surface area contributed by atoms with Crippen LogP contribution in [0.2, 0.25) is 0 Å². The topological polar surface area (TPSA) is 49.2 Å². The van der Waals surface area contributed by atoms with E-state index in [1.165, 1.54) is 5.71 Å². The molecule has 1 heterocycles. The van der Waals surface area contributed by atoms with Crippen LogP contribution in [0.3, 0.4) is 0 Å². The molecule has 1 aromatic rings. The summed E-state index contributed by atoms with van der Waals surface area (Å²) in [4.78, 5) is 0.314. The Labute approximate surface area is 126 Å². The van der Waals surface area contributed by atoms with Crippen LogP contribution >= 0.6 is 12.6 Å². The van der Waals surface area contributed by atoms with Crippen molar-refractivity contribution < 1.29 is 13.0 Å². The molecule has 2 rings (SSSR count). The highest BCUT2D eigenvalue weighted by Crippen LogP contribution is 2.39. The molecule has 4 nitrogen and oxygen atoms in total. The van der Waals surface area contributed by atoms with Crippen molar-refractivity contribution in [1.82, 2.24) is 4.72 Å². The summed E-state index contributed by atoms with van der Waals surface area (Å²) in [6, 6.07) is 5.32. The number of sulfonamides is 1. The number of fused-ring (bicyclic) bond motifs is 1. The Balaban J connectivity index is 2.50. The highest BCUT2D eigenvalue weighted by molar-refractivity contribution is 7.89. The van der Waals surface area contributed by atoms with E-state index in [2.05, 4.69) is 42.7 Å². The van der Waals surface area contributed by atoms with Crippen LogP contribution in [0.1, 0.15) is 26.3 Å². The van der Waals surface area contributed by atoms with Gasteiger partial charge in [-0.25, -0.2) is 17.7 Å². The SMILES string of the molecule is CC1=[N+](C)c2ccc(S(=O)(=O)NCCS)cc2C1(C)C. The maximum Gasteiger partial charge on any atom is 0.240 e. The summed E-state index contributed by atoms with van der Waals surface area (Å²) in [6.07, 6.45) is 0. The van der Waals surface area contributed by atoms with E-state index in [-0.39, 0.29) is 5.41 Å². The van der Waals surface area contributed by atoms with Gasteiger partial charge in [0, 0.05) is 30.9 Å². The number of nitrogens with one attached hydrogen (secondary N) is 1. The van der Waals surface area contributed by atoms with Crippen molar-refractivity contribution in [2.75, 3.05) is 19.3 Å². The van der Waals surface area contributed by atoms with Crippen molar-refractivity contribution >= 4 is 34.1 Å². The zero-order valence-electron chi connectivity index (χ0n) is 12.3. The summed E-state index contributed by atoms with van der Waals surface area (Å²) in [7, 11) is -1.45. The van der Waals surface area contributed by atoms with E-state index in [0.717, 1.165) is 11.3 Å². The fraction of sp³-hybridized carbons (Fsp3) is 0.500. The Morgan fingerprint density at radius 1 is 1.35 bits per heavy atom. The number of hydrogen-bond acceptors (Lipinski definition) is 3. The Morgan fingerprint density at radius 2 is 2.00 bits per heavy atom. The number of nitrogens with zero attached hydrogens (tertiary/aromatic N) is 1. The van der Waals surface area contributed by atoms with Crippen LogP contribution in [-0.2, 0) is 15.4 Å². The minimum Gasteiger partial charge on any atom is -0.210 e. The predicted molar refractivity (Wildman–Crippen MR) is 85.0 cm³/mol. The molecule has 1 aromatic carbocycles. The Bertz CT molecular complexity index is 676. The third-order valence-corrected chi connectivity index (χ3v) is 5.81. The van der Waals surface area contributed by atoms with Crippen LogP contribution in [0.15, 0.2) is 23.1 Å². The van der Waals surface area contributed by atoms with Crippen LogP contribution in [0.25, 0.3) is 0 Å². The average Bonchev–Trinajstić information content (AvgIpc) is 2.58. The van der Waals surface area contributed by atoms with E-state index in [1.54, 1.807) is 12.1 Å². The van der Waals surface area contributed by atoms with E-state index in [0.29, 0.717) is 17.2 Å². The average molecular weight is 313 g/mol. The lowest BCUT2D eigenvalue weighted by molar-refractivity contribution is -0.403. The molecule has 0 bridgehead atoms. The molecule has 1 aliphatic rings. The van der Waals surface area contributed by atoms with Crippen molar-refractivity contribution in [2.45, 2.75) is 31.1 Å². The first kappa shape index (κ1) is 15.5. The number of thiol groups is 1. The van der Waals surface area contributed by atoms with Crippen LogP contribution in [0, 0.1) is 0 Å². The Kier molecular flexibility index (Phi) is 4.01. The monoisotopic (exact) mass is 313 g/mol. The second-order valence-corrected chi connectivity index (χ2v) is 7.78. The number of benzene rings is 1. The summed E-state index contributed by atoms with van der Waals surface area (Å²) >= 11 is 4.02. The molecule has 0 unspecified atom stereocenters. The van der Waals surface area contributed by atoms with E-state index >= 15 is 0 Å². The van der Waals surface area contributed by atoms with Gasteiger partial charge in [0.05, 0.1) is 10.3 Å². The maximum atomic E-state index is 12.2. The molecule has 0 fully saturated rings. The van der Waals surface area contributed by atoms with E-state index in [4.69, 9.17) is 0 Å². The van der Waals surface area contributed by atoms with Crippen molar-refractivity contribution in [3.63, 3.8) is 0 Å². The van der Waals surface area contributed by atoms with Gasteiger partial charge in [-0.1, -0.05) is 0 Å². The lowest BCUT2D eigenvalue weighted by atomic mass is 9.82. The van der Waals surface area contributed by atoms with E-state index in [9.17, 15) is 8.42 Å². The molecule has 0 amide bonds. The van der Waals surface area contributed by atoms with Crippen molar-refractivity contribution in [2.24, 2.45) is 0 Å². The highest BCUT2D eigenvalue weighted by atomic mass is 32.2. The first-order chi connectivity index (χ1) is 9.21. The first-order valence-electron chi connectivity index (χ1n) is 6.54. The molecule has 6 heteroatoms. The molecule has 0 aromatic heterocycles. The molecule has 0 saturated heterocycles. The molecular weight excluding hydrogens is 292 g/mol. The lowest BCUT2D eigenvalue weighted by Crippen LogP contribution is -2.27. The van der Waals surface area contributed by atoms with Crippen LogP contribution in [0.4, 0.5) is 5.69 Å². The van der Waals surface area contributed by atoms with Gasteiger partial charge in [-0.05, 0) is 26.0 Å². The molecule has 1 N–H and O–H groups in total. The molecule has 0 aliphatic carbocycles. The summed E-state index contributed by atoms with van der Waals surface area (Å²) in [5.74, 6) is 0.477. The van der Waals surface area contributed by atoms with Gasteiger partial charge in [0.25, 0.3) is 0 Å². The lowest BCUT2D eigenvalue weighted by Gasteiger charge is -2.16. The van der Waals surface area contributed by atoms with Gasteiger partial charge < -0.3 is 0 Å². The molecule has 0 saturated carbocycles. The first-order valence-corrected chi connectivity index (χ1v) is 8.66. The molecule has 0 atom stereocenters. The fourth-order valence-electron chi connectivity index (χ4n) is 2.53. The van der Waals surface area contributed by atoms with Crippen molar-refractivity contribution in [3.05, 3.63) is 23.8 Å². The number of rotatable bonds is 4.